The number of rotatable bonds is 5. The fourth-order valence-corrected chi connectivity index (χ4v) is 3.69. The largest absolute Gasteiger partial charge is 0.484 e. The molecule has 1 fully saturated rings. The van der Waals surface area contributed by atoms with Gasteiger partial charge in [-0.2, -0.15) is 10.2 Å². The van der Waals surface area contributed by atoms with Gasteiger partial charge >= 0.3 is 0 Å². The zero-order valence-electron chi connectivity index (χ0n) is 17.3. The van der Waals surface area contributed by atoms with Gasteiger partial charge < -0.3 is 14.8 Å². The molecule has 1 aromatic carbocycles. The summed E-state index contributed by atoms with van der Waals surface area (Å²) in [6.45, 7) is 3.35. The van der Waals surface area contributed by atoms with Gasteiger partial charge in [-0.1, -0.05) is 30.3 Å². The van der Waals surface area contributed by atoms with Gasteiger partial charge in [0.25, 0.3) is 0 Å². The monoisotopic (exact) mass is 404 g/mol. The van der Waals surface area contributed by atoms with Gasteiger partial charge in [-0.25, -0.2) is 4.98 Å². The highest BCUT2D eigenvalue weighted by molar-refractivity contribution is 5.84. The van der Waals surface area contributed by atoms with E-state index in [1.54, 1.807) is 10.9 Å². The number of pyridine rings is 1. The van der Waals surface area contributed by atoms with Gasteiger partial charge in [0, 0.05) is 38.2 Å². The molecule has 5 rings (SSSR count). The number of nitrogens with zero attached hydrogens (tertiary/aromatic N) is 5. The zero-order chi connectivity index (χ0) is 20.7. The summed E-state index contributed by atoms with van der Waals surface area (Å²) in [6.07, 6.45) is 2.64. The van der Waals surface area contributed by atoms with Gasteiger partial charge in [0.1, 0.15) is 23.0 Å². The van der Waals surface area contributed by atoms with Gasteiger partial charge in [0.15, 0.2) is 5.65 Å². The third-order valence-electron chi connectivity index (χ3n) is 5.41. The quantitative estimate of drug-likeness (QED) is 0.547. The molecule has 8 heteroatoms. The first-order valence-corrected chi connectivity index (χ1v) is 9.97. The summed E-state index contributed by atoms with van der Waals surface area (Å²) in [5, 5.41) is 13.3. The van der Waals surface area contributed by atoms with E-state index in [0.717, 1.165) is 40.3 Å². The van der Waals surface area contributed by atoms with Crippen LogP contribution in [0.4, 0.5) is 11.6 Å². The van der Waals surface area contributed by atoms with Crippen LogP contribution in [-0.4, -0.2) is 43.4 Å². The topological polar surface area (TPSA) is 79.0 Å². The van der Waals surface area contributed by atoms with Gasteiger partial charge in [-0.05, 0) is 6.92 Å². The second kappa shape index (κ2) is 7.14. The maximum atomic E-state index is 6.39. The molecule has 0 radical (unpaired) electrons. The Morgan fingerprint density at radius 1 is 1.13 bits per heavy atom. The van der Waals surface area contributed by atoms with Crippen molar-refractivity contribution in [3.8, 4) is 17.0 Å². The molecule has 4 aromatic rings. The molecule has 30 heavy (non-hydrogen) atoms. The van der Waals surface area contributed by atoms with Crippen LogP contribution in [0.1, 0.15) is 13.3 Å². The third-order valence-corrected chi connectivity index (χ3v) is 5.41. The van der Waals surface area contributed by atoms with Crippen molar-refractivity contribution in [2.45, 2.75) is 18.9 Å². The second-order valence-electron chi connectivity index (χ2n) is 7.90. The maximum absolute atomic E-state index is 6.39. The Balaban J connectivity index is 1.50. The number of hydrogen-bond donors (Lipinski definition) is 1. The van der Waals surface area contributed by atoms with Crippen LogP contribution in [0.3, 0.4) is 0 Å². The van der Waals surface area contributed by atoms with E-state index in [4.69, 9.17) is 14.5 Å². The van der Waals surface area contributed by atoms with Crippen molar-refractivity contribution in [1.82, 2.24) is 24.5 Å². The highest BCUT2D eigenvalue weighted by Gasteiger charge is 2.33. The van der Waals surface area contributed by atoms with Crippen molar-refractivity contribution in [3.05, 3.63) is 48.7 Å². The predicted octanol–water partition coefficient (Wildman–Crippen LogP) is 3.67. The van der Waals surface area contributed by atoms with E-state index in [-0.39, 0.29) is 5.60 Å². The third kappa shape index (κ3) is 3.39. The van der Waals surface area contributed by atoms with Crippen molar-refractivity contribution in [2.75, 3.05) is 18.5 Å². The van der Waals surface area contributed by atoms with E-state index in [1.165, 1.54) is 0 Å². The first-order chi connectivity index (χ1) is 14.5. The van der Waals surface area contributed by atoms with Crippen LogP contribution in [0.15, 0.2) is 48.7 Å². The highest BCUT2D eigenvalue weighted by Crippen LogP contribution is 2.34. The van der Waals surface area contributed by atoms with Crippen LogP contribution in [0.25, 0.3) is 22.3 Å². The first kappa shape index (κ1) is 18.6. The van der Waals surface area contributed by atoms with Crippen molar-refractivity contribution < 1.29 is 9.47 Å². The van der Waals surface area contributed by atoms with Crippen molar-refractivity contribution in [2.24, 2.45) is 14.1 Å². The van der Waals surface area contributed by atoms with Crippen molar-refractivity contribution >= 4 is 22.7 Å². The molecule has 1 aliphatic heterocycles. The Hall–Kier alpha value is -3.39. The molecule has 0 spiro atoms. The molecule has 8 nitrogen and oxygen atoms in total. The summed E-state index contributed by atoms with van der Waals surface area (Å²) in [7, 11) is 3.78. The van der Waals surface area contributed by atoms with Crippen LogP contribution in [0, 0.1) is 0 Å². The van der Waals surface area contributed by atoms with Crippen LogP contribution in [0.5, 0.6) is 5.75 Å². The molecule has 1 aliphatic rings. The average molecular weight is 404 g/mol. The Kier molecular flexibility index (Phi) is 4.43. The van der Waals surface area contributed by atoms with Crippen LogP contribution in [0.2, 0.25) is 0 Å². The van der Waals surface area contributed by atoms with E-state index < -0.39 is 0 Å². The molecule has 0 saturated carbocycles. The lowest BCUT2D eigenvalue weighted by Gasteiger charge is -2.24. The molecule has 3 aromatic heterocycles. The molecule has 4 heterocycles. The van der Waals surface area contributed by atoms with E-state index in [9.17, 15) is 0 Å². The van der Waals surface area contributed by atoms with Gasteiger partial charge in [-0.15, -0.1) is 0 Å². The van der Waals surface area contributed by atoms with E-state index in [0.29, 0.717) is 19.0 Å². The SMILES string of the molecule is Cn1nc(-c2ccccc2)cc1Nc1cc(O[C@]2(C)CCOC2)c2cnn(C)c2n1. The lowest BCUT2D eigenvalue weighted by molar-refractivity contribution is 0.0678. The Morgan fingerprint density at radius 3 is 2.73 bits per heavy atom. The van der Waals surface area contributed by atoms with Gasteiger partial charge in [0.2, 0.25) is 0 Å². The number of nitrogens with one attached hydrogen (secondary N) is 1. The number of aromatic nitrogens is 5. The average Bonchev–Trinajstić information content (AvgIpc) is 3.43. The lowest BCUT2D eigenvalue weighted by atomic mass is 10.1. The molecule has 0 amide bonds. The predicted molar refractivity (Wildman–Crippen MR) is 115 cm³/mol. The second-order valence-corrected chi connectivity index (χ2v) is 7.90. The summed E-state index contributed by atoms with van der Waals surface area (Å²) in [5.41, 5.74) is 2.36. The number of aryl methyl sites for hydroxylation is 2. The Bertz CT molecular complexity index is 1190. The lowest BCUT2D eigenvalue weighted by Crippen LogP contribution is -2.32. The van der Waals surface area contributed by atoms with Crippen molar-refractivity contribution in [3.63, 3.8) is 0 Å². The minimum atomic E-state index is -0.353. The summed E-state index contributed by atoms with van der Waals surface area (Å²) >= 11 is 0. The number of anilines is 2. The molecule has 0 unspecified atom stereocenters. The molecular weight excluding hydrogens is 380 g/mol. The molecule has 1 atom stereocenters. The van der Waals surface area contributed by atoms with Gasteiger partial charge in [0.05, 0.1) is 30.5 Å². The summed E-state index contributed by atoms with van der Waals surface area (Å²) in [4.78, 5) is 4.75. The van der Waals surface area contributed by atoms with Crippen LogP contribution >= 0.6 is 0 Å². The fraction of sp³-hybridized carbons (Fsp3) is 0.318. The minimum Gasteiger partial charge on any atom is -0.484 e. The zero-order valence-corrected chi connectivity index (χ0v) is 17.3. The summed E-state index contributed by atoms with van der Waals surface area (Å²) < 4.78 is 15.5. The smallest absolute Gasteiger partial charge is 0.163 e. The van der Waals surface area contributed by atoms with Crippen molar-refractivity contribution in [1.29, 1.82) is 0 Å². The maximum Gasteiger partial charge on any atom is 0.163 e. The summed E-state index contributed by atoms with van der Waals surface area (Å²) in [6, 6.07) is 14.0. The molecule has 0 bridgehead atoms. The number of benzene rings is 1. The molecule has 1 N–H and O–H groups in total. The number of fused-ring (bicyclic) bond motifs is 1. The fourth-order valence-electron chi connectivity index (χ4n) is 3.69. The first-order valence-electron chi connectivity index (χ1n) is 9.97. The Morgan fingerprint density at radius 2 is 1.97 bits per heavy atom. The number of hydrogen-bond acceptors (Lipinski definition) is 6. The highest BCUT2D eigenvalue weighted by atomic mass is 16.6. The molecule has 1 saturated heterocycles. The standard InChI is InChI=1S/C22H24N6O2/c1-22(9-10-29-14-22)30-18-12-19(25-21-16(18)13-23-28(21)3)24-20-11-17(26-27(20)2)15-7-5-4-6-8-15/h4-8,11-13H,9-10,14H2,1-3H3,(H,24,25)/t22-/m1/s1. The Labute approximate surface area is 174 Å². The molecule has 0 aliphatic carbocycles. The van der Waals surface area contributed by atoms with E-state index in [1.807, 2.05) is 61.2 Å². The van der Waals surface area contributed by atoms with Gasteiger partial charge in [-0.3, -0.25) is 9.36 Å². The van der Waals surface area contributed by atoms with E-state index in [2.05, 4.69) is 22.4 Å². The normalized spacial score (nSPS) is 18.8. The van der Waals surface area contributed by atoms with Crippen LogP contribution in [-0.2, 0) is 18.8 Å². The molecular formula is C22H24N6O2. The number of ether oxygens (including phenoxy) is 2. The molecule has 154 valence electrons. The van der Waals surface area contributed by atoms with E-state index >= 15 is 0 Å². The van der Waals surface area contributed by atoms with Crippen LogP contribution < -0.4 is 10.1 Å². The minimum absolute atomic E-state index is 0.353. The summed E-state index contributed by atoms with van der Waals surface area (Å²) in [5.74, 6) is 2.25.